The summed E-state index contributed by atoms with van der Waals surface area (Å²) in [6.45, 7) is -0.0554. The first-order valence-electron chi connectivity index (χ1n) is 8.95. The number of amides is 1. The smallest absolute Gasteiger partial charge is 0.234 e. The topological polar surface area (TPSA) is 108 Å². The second-order valence-corrected chi connectivity index (χ2v) is 7.14. The van der Waals surface area contributed by atoms with Gasteiger partial charge in [0.25, 0.3) is 0 Å². The van der Waals surface area contributed by atoms with Crippen LogP contribution < -0.4 is 15.9 Å². The number of para-hydroxylation sites is 1. The van der Waals surface area contributed by atoms with Crippen molar-refractivity contribution in [1.29, 1.82) is 0 Å². The second-order valence-electron chi connectivity index (χ2n) is 6.20. The van der Waals surface area contributed by atoms with Gasteiger partial charge in [0.05, 0.1) is 17.0 Å². The quantitative estimate of drug-likeness (QED) is 0.347. The molecule has 0 aliphatic rings. The molecule has 1 amide bonds. The molecule has 0 unspecified atom stereocenters. The van der Waals surface area contributed by atoms with Crippen LogP contribution in [0.1, 0.15) is 5.82 Å². The maximum Gasteiger partial charge on any atom is 0.234 e. The average molecular weight is 424 g/mol. The molecule has 0 saturated carbocycles. The molecule has 4 aromatic rings. The van der Waals surface area contributed by atoms with E-state index in [1.165, 1.54) is 16.8 Å². The number of nitrogens with two attached hydrogens (primary N) is 1. The summed E-state index contributed by atoms with van der Waals surface area (Å²) in [5.74, 6) is 5.77. The lowest BCUT2D eigenvalue weighted by atomic mass is 10.2. The van der Waals surface area contributed by atoms with Crippen LogP contribution in [-0.4, -0.2) is 31.5 Å². The molecule has 0 bridgehead atoms. The Kier molecular flexibility index (Phi) is 5.75. The molecule has 0 radical (unpaired) electrons. The van der Waals surface area contributed by atoms with Gasteiger partial charge in [0.2, 0.25) is 11.1 Å². The number of rotatable bonds is 7. The number of carbonyl (C=O) groups excluding carboxylic acids is 1. The molecule has 4 rings (SSSR count). The minimum atomic E-state index is -0.476. The molecular weight excluding hydrogens is 407 g/mol. The first kappa shape index (κ1) is 19.6. The summed E-state index contributed by atoms with van der Waals surface area (Å²) >= 11 is 1.13. The van der Waals surface area contributed by atoms with Gasteiger partial charge in [-0.2, -0.15) is 0 Å². The van der Waals surface area contributed by atoms with E-state index < -0.39 is 5.82 Å². The number of fused-ring (bicyclic) bond motifs is 1. The summed E-state index contributed by atoms with van der Waals surface area (Å²) in [5, 5.41) is 12.0. The van der Waals surface area contributed by atoms with Gasteiger partial charge in [0, 0.05) is 11.6 Å². The van der Waals surface area contributed by atoms with Gasteiger partial charge in [0.15, 0.2) is 17.4 Å². The first-order chi connectivity index (χ1) is 14.6. The Morgan fingerprint density at radius 1 is 1.13 bits per heavy atom. The lowest BCUT2D eigenvalue weighted by Crippen LogP contribution is -2.18. The summed E-state index contributed by atoms with van der Waals surface area (Å²) < 4.78 is 20.2. The molecular formula is C20H17FN6O2S. The van der Waals surface area contributed by atoms with Crippen molar-refractivity contribution in [3.05, 3.63) is 72.4 Å². The lowest BCUT2D eigenvalue weighted by Gasteiger charge is -2.08. The number of ether oxygens (including phenoxy) is 1. The molecule has 0 spiro atoms. The highest BCUT2D eigenvalue weighted by molar-refractivity contribution is 7.99. The van der Waals surface area contributed by atoms with E-state index in [9.17, 15) is 9.18 Å². The maximum atomic E-state index is 13.6. The molecule has 0 atom stereocenters. The number of pyridine rings is 1. The van der Waals surface area contributed by atoms with E-state index in [-0.39, 0.29) is 24.0 Å². The SMILES string of the molecule is Nn1c(COc2ccccc2F)nnc1SCC(=O)Nc1cccc2ncccc12. The van der Waals surface area contributed by atoms with Crippen molar-refractivity contribution in [3.8, 4) is 5.75 Å². The van der Waals surface area contributed by atoms with E-state index in [2.05, 4.69) is 20.5 Å². The molecule has 10 heteroatoms. The van der Waals surface area contributed by atoms with Crippen LogP contribution in [0.15, 0.2) is 66.0 Å². The van der Waals surface area contributed by atoms with Crippen LogP contribution in [0.2, 0.25) is 0 Å². The first-order valence-corrected chi connectivity index (χ1v) is 9.93. The maximum absolute atomic E-state index is 13.6. The largest absolute Gasteiger partial charge is 0.482 e. The van der Waals surface area contributed by atoms with Crippen LogP contribution in [0, 0.1) is 5.82 Å². The number of benzene rings is 2. The van der Waals surface area contributed by atoms with Crippen molar-refractivity contribution in [2.75, 3.05) is 16.9 Å². The van der Waals surface area contributed by atoms with Gasteiger partial charge in [-0.05, 0) is 36.4 Å². The fourth-order valence-electron chi connectivity index (χ4n) is 2.74. The van der Waals surface area contributed by atoms with E-state index in [1.54, 1.807) is 18.3 Å². The molecule has 0 fully saturated rings. The Balaban J connectivity index is 1.36. The molecule has 2 aromatic heterocycles. The van der Waals surface area contributed by atoms with E-state index in [1.807, 2.05) is 30.3 Å². The van der Waals surface area contributed by atoms with Gasteiger partial charge in [0.1, 0.15) is 6.61 Å². The molecule has 30 heavy (non-hydrogen) atoms. The molecule has 2 aromatic carbocycles. The third kappa shape index (κ3) is 4.33. The van der Waals surface area contributed by atoms with Crippen LogP contribution in [0.25, 0.3) is 10.9 Å². The lowest BCUT2D eigenvalue weighted by molar-refractivity contribution is -0.113. The third-order valence-corrected chi connectivity index (χ3v) is 5.12. The zero-order valence-corrected chi connectivity index (χ0v) is 16.5. The molecule has 0 saturated heterocycles. The summed E-state index contributed by atoms with van der Waals surface area (Å²) in [5.41, 5.74) is 1.48. The number of anilines is 1. The molecule has 152 valence electrons. The number of nitrogens with zero attached hydrogens (tertiary/aromatic N) is 4. The number of nitrogen functional groups attached to an aromatic ring is 1. The van der Waals surface area contributed by atoms with Crippen molar-refractivity contribution in [2.24, 2.45) is 0 Å². The number of nitrogens with one attached hydrogen (secondary N) is 1. The number of carbonyl (C=O) groups is 1. The molecule has 8 nitrogen and oxygen atoms in total. The molecule has 0 aliphatic heterocycles. The van der Waals surface area contributed by atoms with Crippen molar-refractivity contribution < 1.29 is 13.9 Å². The Morgan fingerprint density at radius 2 is 2.00 bits per heavy atom. The van der Waals surface area contributed by atoms with E-state index in [0.717, 1.165) is 22.7 Å². The fraction of sp³-hybridized carbons (Fsp3) is 0.100. The van der Waals surface area contributed by atoms with Gasteiger partial charge >= 0.3 is 0 Å². The molecule has 3 N–H and O–H groups in total. The summed E-state index contributed by atoms with van der Waals surface area (Å²) in [6.07, 6.45) is 1.70. The fourth-order valence-corrected chi connectivity index (χ4v) is 3.41. The monoisotopic (exact) mass is 424 g/mol. The third-order valence-electron chi connectivity index (χ3n) is 4.18. The predicted molar refractivity (Wildman–Crippen MR) is 112 cm³/mol. The highest BCUT2D eigenvalue weighted by atomic mass is 32.2. The number of halogens is 1. The van der Waals surface area contributed by atoms with Crippen LogP contribution in [-0.2, 0) is 11.4 Å². The average Bonchev–Trinajstić information content (AvgIpc) is 3.11. The van der Waals surface area contributed by atoms with Crippen LogP contribution in [0.3, 0.4) is 0 Å². The number of hydrogen-bond donors (Lipinski definition) is 2. The zero-order chi connectivity index (χ0) is 20.9. The van der Waals surface area contributed by atoms with Crippen molar-refractivity contribution >= 4 is 34.3 Å². The summed E-state index contributed by atoms with van der Waals surface area (Å²) in [6, 6.07) is 15.3. The zero-order valence-electron chi connectivity index (χ0n) is 15.7. The Morgan fingerprint density at radius 3 is 2.87 bits per heavy atom. The highest BCUT2D eigenvalue weighted by Crippen LogP contribution is 2.22. The second kappa shape index (κ2) is 8.78. The summed E-state index contributed by atoms with van der Waals surface area (Å²) in [4.78, 5) is 16.7. The van der Waals surface area contributed by atoms with Crippen molar-refractivity contribution in [1.82, 2.24) is 19.9 Å². The molecule has 0 aliphatic carbocycles. The van der Waals surface area contributed by atoms with E-state index in [4.69, 9.17) is 10.6 Å². The minimum absolute atomic E-state index is 0.0554. The van der Waals surface area contributed by atoms with Gasteiger partial charge < -0.3 is 15.9 Å². The predicted octanol–water partition coefficient (Wildman–Crippen LogP) is 2.99. The number of aromatic nitrogens is 4. The van der Waals surface area contributed by atoms with Gasteiger partial charge in [-0.25, -0.2) is 9.07 Å². The standard InChI is InChI=1S/C20H17FN6O2S/c21-14-6-1-2-9-17(14)29-11-18-25-26-20(27(18)22)30-12-19(28)24-16-8-3-7-15-13(16)5-4-10-23-15/h1-10H,11-12,22H2,(H,24,28). The normalized spacial score (nSPS) is 10.8. The van der Waals surface area contributed by atoms with Gasteiger partial charge in [-0.1, -0.05) is 30.0 Å². The van der Waals surface area contributed by atoms with Crippen LogP contribution >= 0.6 is 11.8 Å². The van der Waals surface area contributed by atoms with Gasteiger partial charge in [-0.15, -0.1) is 10.2 Å². The number of hydrogen-bond acceptors (Lipinski definition) is 7. The Bertz CT molecular complexity index is 1190. The van der Waals surface area contributed by atoms with Crippen molar-refractivity contribution in [3.63, 3.8) is 0 Å². The van der Waals surface area contributed by atoms with E-state index >= 15 is 0 Å². The summed E-state index contributed by atoms with van der Waals surface area (Å²) in [7, 11) is 0. The van der Waals surface area contributed by atoms with Crippen molar-refractivity contribution in [2.45, 2.75) is 11.8 Å². The van der Waals surface area contributed by atoms with Crippen LogP contribution in [0.4, 0.5) is 10.1 Å². The van der Waals surface area contributed by atoms with E-state index in [0.29, 0.717) is 16.7 Å². The van der Waals surface area contributed by atoms with Gasteiger partial charge in [-0.3, -0.25) is 9.78 Å². The Hall–Kier alpha value is -3.66. The number of thioether (sulfide) groups is 1. The minimum Gasteiger partial charge on any atom is -0.482 e. The highest BCUT2D eigenvalue weighted by Gasteiger charge is 2.14. The molecule has 2 heterocycles. The Labute approximate surface area is 175 Å². The van der Waals surface area contributed by atoms with Crippen LogP contribution in [0.5, 0.6) is 5.75 Å².